The van der Waals surface area contributed by atoms with Crippen molar-refractivity contribution in [1.29, 1.82) is 0 Å². The number of thiazole rings is 2. The highest BCUT2D eigenvalue weighted by Gasteiger charge is 2.55. The van der Waals surface area contributed by atoms with Crippen LogP contribution in [0.1, 0.15) is 195 Å². The van der Waals surface area contributed by atoms with Crippen LogP contribution >= 0.6 is 22.7 Å². The first-order valence-electron chi connectivity index (χ1n) is 36.3. The number of rotatable bonds is 11. The quantitative estimate of drug-likeness (QED) is 0.138. The van der Waals surface area contributed by atoms with Crippen molar-refractivity contribution in [3.63, 3.8) is 0 Å². The molecule has 4 saturated carbocycles. The van der Waals surface area contributed by atoms with Crippen molar-refractivity contribution in [2.75, 3.05) is 132 Å². The van der Waals surface area contributed by atoms with Gasteiger partial charge >= 0.3 is 24.4 Å². The number of likely N-dealkylation sites (tertiary alicyclic amines) is 8. The fourth-order valence-electron chi connectivity index (χ4n) is 19.1. The van der Waals surface area contributed by atoms with Crippen LogP contribution in [0.25, 0.3) is 0 Å². The minimum Gasteiger partial charge on any atom is -0.453 e. The molecule has 1 N–H and O–H groups in total. The van der Waals surface area contributed by atoms with Gasteiger partial charge in [0.15, 0.2) is 5.89 Å². The second-order valence-electron chi connectivity index (χ2n) is 30.2. The molecular weight excluding hydrogens is 1240 g/mol. The summed E-state index contributed by atoms with van der Waals surface area (Å²) in [5.41, 5.74) is 1.48. The molecule has 0 unspecified atom stereocenters. The molecule has 16 rings (SSSR count). The van der Waals surface area contributed by atoms with Crippen molar-refractivity contribution >= 4 is 47.0 Å². The largest absolute Gasteiger partial charge is 0.453 e. The summed E-state index contributed by atoms with van der Waals surface area (Å²) in [6, 6.07) is 2.84. The lowest BCUT2D eigenvalue weighted by Crippen LogP contribution is -2.54. The Morgan fingerprint density at radius 2 is 0.821 bits per heavy atom. The standard InChI is InChI=1S/C18H27N3O3.C18H27N3O2S.C17H27N5O2.C17H25N3O2S/c2*1-2-23-17(22)21-9-5-18(13-21)11-15(12-18)20-7-3-14(4-8-20)16-19-6-10-24-16;1-2-24-16(23)22-8-5-17(11-22)9-14(10-17)21-6-3-13(4-7-21)15-18-12-19-20-15;1-22-16(21)20-8-4-17(12-20)10-14(11-17)19-6-2-13(3-7-19)15-18-5-9-23-15/h2*6,10,14-15H,2-5,7-9,11-13H2,1H3;12-14H,2-11H2,1H3,(H,18,19,20);5,9,13-14H,2-4,6-8,10-12H2,1H3. The Bertz CT molecular complexity index is 2810. The SMILES string of the molecule is CCOC(=O)N1CCC2(CC(N3CCC(c4ncco4)CC3)C2)C1.CCOC(=O)N1CCC2(CC(N3CCC(c4nccs4)CC3)C2)C1.CCOC(=O)N1CCC2(CC(N3CCC(c4nnc[nH]4)CC3)C2)C1.COC(=O)N1CCC2(CC(N3CCC(c4nccs4)CC3)C2)C1. The summed E-state index contributed by atoms with van der Waals surface area (Å²) >= 11 is 3.60. The average molecular weight is 1350 g/mol. The maximum Gasteiger partial charge on any atom is 0.409 e. The molecule has 0 bridgehead atoms. The number of aromatic amines is 1. The van der Waals surface area contributed by atoms with Crippen LogP contribution in [-0.4, -0.2) is 250 Å². The number of amides is 4. The summed E-state index contributed by atoms with van der Waals surface area (Å²) in [7, 11) is 1.48. The van der Waals surface area contributed by atoms with Crippen LogP contribution in [0.15, 0.2) is 46.4 Å². The molecule has 0 radical (unpaired) electrons. The summed E-state index contributed by atoms with van der Waals surface area (Å²) in [4.78, 5) is 82.0. The third kappa shape index (κ3) is 15.7. The van der Waals surface area contributed by atoms with Crippen LogP contribution in [0.2, 0.25) is 0 Å². The van der Waals surface area contributed by atoms with Crippen LogP contribution in [0, 0.1) is 21.7 Å². The number of nitrogens with one attached hydrogen (secondary N) is 1. The topological polar surface area (TPSA) is 224 Å². The maximum absolute atomic E-state index is 11.9. The van der Waals surface area contributed by atoms with Gasteiger partial charge in [-0.15, -0.1) is 32.9 Å². The molecule has 8 aliphatic heterocycles. The first kappa shape index (κ1) is 68.1. The monoisotopic (exact) mass is 1350 g/mol. The van der Waals surface area contributed by atoms with Crippen LogP contribution in [0.5, 0.6) is 0 Å². The Hall–Kier alpha value is -5.47. The van der Waals surface area contributed by atoms with Gasteiger partial charge in [0, 0.05) is 123 Å². The highest BCUT2D eigenvalue weighted by Crippen LogP contribution is 2.55. The summed E-state index contributed by atoms with van der Waals surface area (Å²) in [5, 5.41) is 14.9. The second-order valence-corrected chi connectivity index (χ2v) is 32.1. The van der Waals surface area contributed by atoms with Crippen molar-refractivity contribution in [2.45, 2.75) is 197 Å². The minimum atomic E-state index is -0.158. The number of hydrogen-bond donors (Lipinski definition) is 1. The first-order chi connectivity index (χ1) is 46.3. The number of nitrogens with zero attached hydrogens (tertiary/aromatic N) is 13. The van der Waals surface area contributed by atoms with E-state index in [1.165, 1.54) is 120 Å². The molecule has 25 heteroatoms. The molecule has 4 aromatic rings. The zero-order valence-electron chi connectivity index (χ0n) is 57.0. The molecule has 0 aromatic carbocycles. The molecule has 95 heavy (non-hydrogen) atoms. The van der Waals surface area contributed by atoms with E-state index in [9.17, 15) is 19.2 Å². The van der Waals surface area contributed by atoms with Crippen molar-refractivity contribution < 1.29 is 42.5 Å². The molecule has 4 aromatic heterocycles. The van der Waals surface area contributed by atoms with Crippen molar-refractivity contribution in [3.05, 3.63) is 63.7 Å². The minimum absolute atomic E-state index is 0.123. The van der Waals surface area contributed by atoms with Gasteiger partial charge in [-0.2, -0.15) is 0 Å². The van der Waals surface area contributed by atoms with Crippen LogP contribution < -0.4 is 0 Å². The zero-order chi connectivity index (χ0) is 65.6. The van der Waals surface area contributed by atoms with Crippen LogP contribution in [-0.2, 0) is 18.9 Å². The molecule has 4 amide bonds. The van der Waals surface area contributed by atoms with Gasteiger partial charge in [-0.25, -0.2) is 34.1 Å². The van der Waals surface area contributed by atoms with Gasteiger partial charge < -0.3 is 67.5 Å². The van der Waals surface area contributed by atoms with Crippen LogP contribution in [0.3, 0.4) is 0 Å². The lowest BCUT2D eigenvalue weighted by atomic mass is 9.64. The second kappa shape index (κ2) is 30.3. The Balaban J connectivity index is 0.000000115. The highest BCUT2D eigenvalue weighted by atomic mass is 32.1. The number of H-pyrrole nitrogens is 1. The number of carbonyl (C=O) groups is 4. The molecule has 0 atom stereocenters. The lowest BCUT2D eigenvalue weighted by molar-refractivity contribution is -0.00583. The zero-order valence-corrected chi connectivity index (χ0v) is 58.7. The van der Waals surface area contributed by atoms with E-state index in [1.807, 2.05) is 52.8 Å². The Kier molecular flexibility index (Phi) is 21.7. The third-order valence-electron chi connectivity index (χ3n) is 24.5. The molecule has 12 aliphatic rings. The number of ether oxygens (including phenoxy) is 4. The molecule has 8 saturated heterocycles. The van der Waals surface area contributed by atoms with Crippen LogP contribution in [0.4, 0.5) is 19.2 Å². The Morgan fingerprint density at radius 1 is 0.474 bits per heavy atom. The fourth-order valence-corrected chi connectivity index (χ4v) is 20.7. The number of aromatic nitrogens is 6. The Labute approximate surface area is 570 Å². The van der Waals surface area contributed by atoms with E-state index in [2.05, 4.69) is 60.5 Å². The van der Waals surface area contributed by atoms with Gasteiger partial charge in [0.1, 0.15) is 18.4 Å². The number of piperidine rings is 4. The van der Waals surface area contributed by atoms with E-state index in [1.54, 1.807) is 41.5 Å². The molecule has 12 heterocycles. The Morgan fingerprint density at radius 3 is 1.12 bits per heavy atom. The van der Waals surface area contributed by atoms with E-state index in [0.29, 0.717) is 77.2 Å². The van der Waals surface area contributed by atoms with Gasteiger partial charge in [0.05, 0.1) is 43.1 Å². The van der Waals surface area contributed by atoms with Gasteiger partial charge in [-0.05, 0) is 223 Å². The molecule has 12 fully saturated rings. The van der Waals surface area contributed by atoms with E-state index >= 15 is 0 Å². The summed E-state index contributed by atoms with van der Waals surface area (Å²) in [6.45, 7) is 23.4. The molecule has 522 valence electrons. The van der Waals surface area contributed by atoms with Gasteiger partial charge in [-0.3, -0.25) is 0 Å². The third-order valence-corrected chi connectivity index (χ3v) is 26.4. The summed E-state index contributed by atoms with van der Waals surface area (Å²) in [5.74, 6) is 4.29. The lowest BCUT2D eigenvalue weighted by Gasteiger charge is -2.51. The van der Waals surface area contributed by atoms with E-state index < -0.39 is 0 Å². The first-order valence-corrected chi connectivity index (χ1v) is 38.1. The summed E-state index contributed by atoms with van der Waals surface area (Å²) < 4.78 is 25.7. The van der Waals surface area contributed by atoms with Gasteiger partial charge in [-0.1, -0.05) is 0 Å². The van der Waals surface area contributed by atoms with Gasteiger partial charge in [0.25, 0.3) is 0 Å². The van der Waals surface area contributed by atoms with Crippen molar-refractivity contribution in [1.82, 2.24) is 69.3 Å². The molecule has 4 spiro atoms. The van der Waals surface area contributed by atoms with Crippen molar-refractivity contribution in [3.8, 4) is 0 Å². The number of oxazole rings is 1. The highest BCUT2D eigenvalue weighted by molar-refractivity contribution is 7.09. The van der Waals surface area contributed by atoms with E-state index in [-0.39, 0.29) is 24.4 Å². The summed E-state index contributed by atoms with van der Waals surface area (Å²) in [6.07, 6.45) is 32.5. The van der Waals surface area contributed by atoms with Crippen molar-refractivity contribution in [2.24, 2.45) is 21.7 Å². The fraction of sp³-hybridized carbons (Fsp3) is 0.786. The predicted octanol–water partition coefficient (Wildman–Crippen LogP) is 11.1. The normalized spacial score (nSPS) is 31.6. The van der Waals surface area contributed by atoms with E-state index in [0.717, 1.165) is 154 Å². The number of methoxy groups -OCH3 is 1. The molecule has 23 nitrogen and oxygen atoms in total. The average Bonchev–Trinajstić information content (AvgIpc) is 1.70. The maximum atomic E-state index is 11.9. The van der Waals surface area contributed by atoms with Gasteiger partial charge in [0.2, 0.25) is 0 Å². The number of hydrogen-bond acceptors (Lipinski definition) is 20. The molecule has 4 aliphatic carbocycles. The number of carbonyl (C=O) groups excluding carboxylic acids is 4. The molecular formula is C70H106N14O9S2. The van der Waals surface area contributed by atoms with E-state index in [4.69, 9.17) is 23.4 Å². The smallest absolute Gasteiger partial charge is 0.409 e. The predicted molar refractivity (Wildman–Crippen MR) is 361 cm³/mol.